The molecule has 1 atom stereocenters. The number of hydrogen-bond acceptors (Lipinski definition) is 3. The van der Waals surface area contributed by atoms with Gasteiger partial charge >= 0.3 is 0 Å². The van der Waals surface area contributed by atoms with E-state index in [2.05, 4.69) is 11.6 Å². The minimum absolute atomic E-state index is 0.0905. The van der Waals surface area contributed by atoms with Crippen LogP contribution < -0.4 is 10.5 Å². The lowest BCUT2D eigenvalue weighted by atomic mass is 10.1. The number of pyridine rings is 1. The molecule has 0 aromatic carbocycles. The van der Waals surface area contributed by atoms with Crippen molar-refractivity contribution >= 4 is 0 Å². The number of nitrogens with zero attached hydrogens (tertiary/aromatic N) is 1. The predicted molar refractivity (Wildman–Crippen MR) is 71.3 cm³/mol. The fourth-order valence-corrected chi connectivity index (χ4v) is 1.52. The van der Waals surface area contributed by atoms with Crippen LogP contribution in [0.25, 0.3) is 0 Å². The highest BCUT2D eigenvalue weighted by Crippen LogP contribution is 2.18. The third-order valence-corrected chi connectivity index (χ3v) is 2.37. The molecule has 0 amide bonds. The molecule has 1 heterocycles. The maximum Gasteiger partial charge on any atom is 0.140 e. The number of aryl methyl sites for hydroxylation is 1. The summed E-state index contributed by atoms with van der Waals surface area (Å²) in [6.45, 7) is 10.4. The molecule has 3 heteroatoms. The van der Waals surface area contributed by atoms with E-state index >= 15 is 0 Å². The van der Waals surface area contributed by atoms with E-state index in [-0.39, 0.29) is 6.04 Å². The molecule has 1 aromatic rings. The summed E-state index contributed by atoms with van der Waals surface area (Å²) in [5.74, 6) is 0.842. The van der Waals surface area contributed by atoms with Gasteiger partial charge in [-0.1, -0.05) is 5.57 Å². The Kier molecular flexibility index (Phi) is 5.16. The van der Waals surface area contributed by atoms with Gasteiger partial charge in [0.1, 0.15) is 5.75 Å². The summed E-state index contributed by atoms with van der Waals surface area (Å²) in [6.07, 6.45) is 1.61. The molecule has 0 fully saturated rings. The molecule has 94 valence electrons. The Morgan fingerprint density at radius 3 is 2.82 bits per heavy atom. The summed E-state index contributed by atoms with van der Waals surface area (Å²) in [4.78, 5) is 4.48. The van der Waals surface area contributed by atoms with E-state index in [0.29, 0.717) is 6.61 Å². The summed E-state index contributed by atoms with van der Waals surface area (Å²) in [5.41, 5.74) is 8.87. The molecular formula is C14H22N2O. The summed E-state index contributed by atoms with van der Waals surface area (Å²) >= 11 is 0. The van der Waals surface area contributed by atoms with Crippen molar-refractivity contribution in [3.63, 3.8) is 0 Å². The van der Waals surface area contributed by atoms with Crippen molar-refractivity contribution in [2.75, 3.05) is 6.61 Å². The van der Waals surface area contributed by atoms with Crippen LogP contribution in [0.4, 0.5) is 0 Å². The van der Waals surface area contributed by atoms with E-state index in [1.54, 1.807) is 0 Å². The van der Waals surface area contributed by atoms with Crippen molar-refractivity contribution in [1.29, 1.82) is 0 Å². The molecule has 0 aliphatic rings. The lowest BCUT2D eigenvalue weighted by molar-refractivity contribution is 0.315. The molecule has 17 heavy (non-hydrogen) atoms. The molecule has 1 aromatic heterocycles. The van der Waals surface area contributed by atoms with Crippen LogP contribution in [0.5, 0.6) is 5.75 Å². The first-order valence-corrected chi connectivity index (χ1v) is 5.98. The highest BCUT2D eigenvalue weighted by molar-refractivity contribution is 5.30. The van der Waals surface area contributed by atoms with Gasteiger partial charge < -0.3 is 10.5 Å². The quantitative estimate of drug-likeness (QED) is 0.770. The Morgan fingerprint density at radius 1 is 1.53 bits per heavy atom. The van der Waals surface area contributed by atoms with Gasteiger partial charge in [-0.25, -0.2) is 0 Å². The third-order valence-electron chi connectivity index (χ3n) is 2.37. The van der Waals surface area contributed by atoms with Crippen LogP contribution in [0.3, 0.4) is 0 Å². The molecule has 0 saturated heterocycles. The lowest BCUT2D eigenvalue weighted by Crippen LogP contribution is -2.19. The summed E-state index contributed by atoms with van der Waals surface area (Å²) in [5, 5.41) is 0. The third kappa shape index (κ3) is 5.00. The number of aromatic nitrogens is 1. The Hall–Kier alpha value is -1.35. The Bertz CT molecular complexity index is 386. The van der Waals surface area contributed by atoms with E-state index in [4.69, 9.17) is 10.5 Å². The van der Waals surface area contributed by atoms with E-state index in [1.165, 1.54) is 0 Å². The number of hydrogen-bond donors (Lipinski definition) is 1. The zero-order chi connectivity index (χ0) is 12.8. The Balaban J connectivity index is 2.72. The molecule has 3 nitrogen and oxygen atoms in total. The highest BCUT2D eigenvalue weighted by Gasteiger charge is 2.08. The summed E-state index contributed by atoms with van der Waals surface area (Å²) < 4.78 is 5.72. The standard InChI is InChI=1S/C14H22N2O/c1-10(2)7-8-17-14-6-5-12(4)16-13(14)9-11(3)15/h5-6,11H,1,7-9,15H2,2-4H3. The van der Waals surface area contributed by atoms with Gasteiger partial charge in [-0.05, 0) is 32.9 Å². The fraction of sp³-hybridized carbons (Fsp3) is 0.500. The molecule has 1 rings (SSSR count). The molecule has 0 aliphatic heterocycles. The molecule has 0 aliphatic carbocycles. The average molecular weight is 234 g/mol. The maximum atomic E-state index is 5.81. The van der Waals surface area contributed by atoms with Gasteiger partial charge in [0, 0.05) is 24.6 Å². The second-order valence-electron chi connectivity index (χ2n) is 4.63. The van der Waals surface area contributed by atoms with Crippen LogP contribution in [-0.2, 0) is 6.42 Å². The minimum atomic E-state index is 0.0905. The van der Waals surface area contributed by atoms with Crippen molar-refractivity contribution in [3.05, 3.63) is 35.7 Å². The van der Waals surface area contributed by atoms with Crippen LogP contribution >= 0.6 is 0 Å². The number of ether oxygens (including phenoxy) is 1. The molecule has 2 N–H and O–H groups in total. The average Bonchev–Trinajstić information content (AvgIpc) is 2.20. The molecule has 0 radical (unpaired) electrons. The molecule has 0 bridgehead atoms. The van der Waals surface area contributed by atoms with E-state index in [1.807, 2.05) is 32.9 Å². The fourth-order valence-electron chi connectivity index (χ4n) is 1.52. The molecule has 1 unspecified atom stereocenters. The zero-order valence-electron chi connectivity index (χ0n) is 11.0. The predicted octanol–water partition coefficient (Wildman–Crippen LogP) is 2.62. The lowest BCUT2D eigenvalue weighted by Gasteiger charge is -2.13. The second kappa shape index (κ2) is 6.40. The van der Waals surface area contributed by atoms with Crippen molar-refractivity contribution < 1.29 is 4.74 Å². The van der Waals surface area contributed by atoms with Crippen LogP contribution in [0.15, 0.2) is 24.3 Å². The van der Waals surface area contributed by atoms with Gasteiger partial charge in [0.2, 0.25) is 0 Å². The molecule has 0 saturated carbocycles. The van der Waals surface area contributed by atoms with Crippen LogP contribution in [0, 0.1) is 6.92 Å². The topological polar surface area (TPSA) is 48.1 Å². The van der Waals surface area contributed by atoms with Gasteiger partial charge in [-0.15, -0.1) is 6.58 Å². The monoisotopic (exact) mass is 234 g/mol. The van der Waals surface area contributed by atoms with Gasteiger partial charge in [0.15, 0.2) is 0 Å². The SMILES string of the molecule is C=C(C)CCOc1ccc(C)nc1CC(C)N. The van der Waals surface area contributed by atoms with Crippen molar-refractivity contribution in [3.8, 4) is 5.75 Å². The highest BCUT2D eigenvalue weighted by atomic mass is 16.5. The smallest absolute Gasteiger partial charge is 0.140 e. The summed E-state index contributed by atoms with van der Waals surface area (Å²) in [7, 11) is 0. The zero-order valence-corrected chi connectivity index (χ0v) is 11.0. The Morgan fingerprint density at radius 2 is 2.24 bits per heavy atom. The summed E-state index contributed by atoms with van der Waals surface area (Å²) in [6, 6.07) is 4.02. The first-order chi connectivity index (χ1) is 7.99. The maximum absolute atomic E-state index is 5.81. The van der Waals surface area contributed by atoms with E-state index in [0.717, 1.165) is 35.6 Å². The van der Waals surface area contributed by atoms with Gasteiger partial charge in [-0.2, -0.15) is 0 Å². The first-order valence-electron chi connectivity index (χ1n) is 5.98. The van der Waals surface area contributed by atoms with Crippen molar-refractivity contribution in [2.45, 2.75) is 39.7 Å². The Labute approximate surface area is 104 Å². The van der Waals surface area contributed by atoms with Crippen molar-refractivity contribution in [1.82, 2.24) is 4.98 Å². The van der Waals surface area contributed by atoms with Crippen molar-refractivity contribution in [2.24, 2.45) is 5.73 Å². The normalized spacial score (nSPS) is 12.2. The minimum Gasteiger partial charge on any atom is -0.491 e. The van der Waals surface area contributed by atoms with E-state index < -0.39 is 0 Å². The van der Waals surface area contributed by atoms with Crippen LogP contribution in [0.1, 0.15) is 31.7 Å². The van der Waals surface area contributed by atoms with Crippen LogP contribution in [-0.4, -0.2) is 17.6 Å². The van der Waals surface area contributed by atoms with E-state index in [9.17, 15) is 0 Å². The molecular weight excluding hydrogens is 212 g/mol. The number of rotatable bonds is 6. The van der Waals surface area contributed by atoms with Gasteiger partial charge in [0.25, 0.3) is 0 Å². The number of nitrogens with two attached hydrogens (primary N) is 1. The molecule has 0 spiro atoms. The first kappa shape index (κ1) is 13.7. The van der Waals surface area contributed by atoms with Gasteiger partial charge in [-0.3, -0.25) is 4.98 Å². The largest absolute Gasteiger partial charge is 0.491 e. The van der Waals surface area contributed by atoms with Gasteiger partial charge in [0.05, 0.1) is 12.3 Å². The second-order valence-corrected chi connectivity index (χ2v) is 4.63. The van der Waals surface area contributed by atoms with Crippen LogP contribution in [0.2, 0.25) is 0 Å².